The van der Waals surface area contributed by atoms with E-state index in [0.29, 0.717) is 21.7 Å². The minimum Gasteiger partial charge on any atom is -0.479 e. The zero-order valence-electron chi connectivity index (χ0n) is 12.2. The molecule has 1 N–H and O–H groups in total. The summed E-state index contributed by atoms with van der Waals surface area (Å²) in [6.45, 7) is 4.23. The van der Waals surface area contributed by atoms with E-state index in [1.807, 2.05) is 11.9 Å². The number of hydrogen-bond donors (Lipinski definition) is 1. The van der Waals surface area contributed by atoms with Crippen molar-refractivity contribution in [1.82, 2.24) is 10.2 Å². The average molecular weight is 331 g/mol. The second-order valence-electron chi connectivity index (χ2n) is 5.31. The number of nitrogens with zero attached hydrogens (tertiary/aromatic N) is 1. The minimum atomic E-state index is -0.575. The Hall–Kier alpha value is -0.970. The lowest BCUT2D eigenvalue weighted by Crippen LogP contribution is -2.39. The van der Waals surface area contributed by atoms with Gasteiger partial charge in [0, 0.05) is 13.1 Å². The van der Waals surface area contributed by atoms with Gasteiger partial charge in [0.15, 0.2) is 6.10 Å². The summed E-state index contributed by atoms with van der Waals surface area (Å²) < 4.78 is 5.67. The molecule has 116 valence electrons. The second-order valence-corrected chi connectivity index (χ2v) is 6.09. The van der Waals surface area contributed by atoms with E-state index in [0.717, 1.165) is 26.1 Å². The van der Waals surface area contributed by atoms with E-state index in [1.165, 1.54) is 0 Å². The predicted octanol–water partition coefficient (Wildman–Crippen LogP) is 2.83. The van der Waals surface area contributed by atoms with Crippen LogP contribution in [0.25, 0.3) is 0 Å². The Bertz CT molecular complexity index is 510. The number of likely N-dealkylation sites (tertiary alicyclic amines) is 1. The van der Waals surface area contributed by atoms with Crippen LogP contribution in [0.15, 0.2) is 18.2 Å². The molecule has 0 aromatic heterocycles. The average Bonchev–Trinajstić information content (AvgIpc) is 2.92. The Morgan fingerprint density at radius 2 is 2.29 bits per heavy atom. The van der Waals surface area contributed by atoms with Crippen LogP contribution in [0.4, 0.5) is 0 Å². The van der Waals surface area contributed by atoms with Crippen molar-refractivity contribution in [3.63, 3.8) is 0 Å². The maximum atomic E-state index is 12.4. The highest BCUT2D eigenvalue weighted by Gasteiger charge is 2.29. The summed E-state index contributed by atoms with van der Waals surface area (Å²) in [7, 11) is 1.93. The van der Waals surface area contributed by atoms with E-state index in [2.05, 4.69) is 5.32 Å². The van der Waals surface area contributed by atoms with Crippen molar-refractivity contribution in [2.24, 2.45) is 5.92 Å². The monoisotopic (exact) mass is 330 g/mol. The van der Waals surface area contributed by atoms with Gasteiger partial charge in [0.05, 0.1) is 5.02 Å². The van der Waals surface area contributed by atoms with Crippen LogP contribution in [-0.4, -0.2) is 43.6 Å². The normalized spacial score (nSPS) is 19.6. The van der Waals surface area contributed by atoms with Crippen LogP contribution in [0, 0.1) is 5.92 Å². The van der Waals surface area contributed by atoms with Crippen LogP contribution in [0.5, 0.6) is 5.75 Å². The van der Waals surface area contributed by atoms with E-state index in [4.69, 9.17) is 27.9 Å². The van der Waals surface area contributed by atoms with Gasteiger partial charge in [0.2, 0.25) is 0 Å². The highest BCUT2D eigenvalue weighted by Crippen LogP contribution is 2.32. The first-order valence-corrected chi connectivity index (χ1v) is 7.82. The molecule has 1 amide bonds. The molecule has 1 saturated heterocycles. The standard InChI is InChI=1S/C15H20Cl2N2O2/c1-10(21-13-5-3-4-12(16)14(13)17)15(20)19-7-6-11(9-19)8-18-2/h3-5,10-11,18H,6-9H2,1-2H3/t10-,11+/m1/s1. The fourth-order valence-corrected chi connectivity index (χ4v) is 2.90. The van der Waals surface area contributed by atoms with Crippen LogP contribution < -0.4 is 10.1 Å². The molecule has 0 spiro atoms. The lowest BCUT2D eigenvalue weighted by Gasteiger charge is -2.22. The molecular weight excluding hydrogens is 311 g/mol. The molecule has 0 aliphatic carbocycles. The number of hydrogen-bond acceptors (Lipinski definition) is 3. The third kappa shape index (κ3) is 4.02. The van der Waals surface area contributed by atoms with E-state index in [1.54, 1.807) is 25.1 Å². The third-order valence-corrected chi connectivity index (χ3v) is 4.46. The summed E-state index contributed by atoms with van der Waals surface area (Å²) in [5.74, 6) is 0.946. The number of benzene rings is 1. The van der Waals surface area contributed by atoms with Gasteiger partial charge in [-0.2, -0.15) is 0 Å². The molecule has 0 unspecified atom stereocenters. The largest absolute Gasteiger partial charge is 0.479 e. The van der Waals surface area contributed by atoms with Crippen LogP contribution >= 0.6 is 23.2 Å². The summed E-state index contributed by atoms with van der Waals surface area (Å²) in [5, 5.41) is 3.91. The molecule has 1 aliphatic heterocycles. The SMILES string of the molecule is CNC[C@@H]1CCN(C(=O)[C@@H](C)Oc2cccc(Cl)c2Cl)C1. The Morgan fingerprint density at radius 3 is 3.00 bits per heavy atom. The number of halogens is 2. The van der Waals surface area contributed by atoms with E-state index >= 15 is 0 Å². The fraction of sp³-hybridized carbons (Fsp3) is 0.533. The number of amides is 1. The Labute approximate surface area is 135 Å². The molecule has 1 aromatic carbocycles. The molecule has 21 heavy (non-hydrogen) atoms. The molecular formula is C15H20Cl2N2O2. The molecule has 1 aromatic rings. The van der Waals surface area contributed by atoms with Gasteiger partial charge in [-0.05, 0) is 45.0 Å². The van der Waals surface area contributed by atoms with Crippen molar-refractivity contribution in [3.8, 4) is 5.75 Å². The molecule has 2 rings (SSSR count). The van der Waals surface area contributed by atoms with E-state index in [-0.39, 0.29) is 5.91 Å². The minimum absolute atomic E-state index is 0.00959. The Balaban J connectivity index is 1.95. The molecule has 0 bridgehead atoms. The van der Waals surface area contributed by atoms with Crippen LogP contribution in [-0.2, 0) is 4.79 Å². The number of ether oxygens (including phenoxy) is 1. The van der Waals surface area contributed by atoms with Gasteiger partial charge in [-0.25, -0.2) is 0 Å². The highest BCUT2D eigenvalue weighted by molar-refractivity contribution is 6.42. The van der Waals surface area contributed by atoms with Gasteiger partial charge in [0.25, 0.3) is 5.91 Å². The fourth-order valence-electron chi connectivity index (χ4n) is 2.56. The first-order valence-electron chi connectivity index (χ1n) is 7.07. The van der Waals surface area contributed by atoms with Crippen molar-refractivity contribution in [1.29, 1.82) is 0 Å². The maximum absolute atomic E-state index is 12.4. The number of nitrogens with one attached hydrogen (secondary N) is 1. The quantitative estimate of drug-likeness (QED) is 0.902. The van der Waals surface area contributed by atoms with Crippen molar-refractivity contribution >= 4 is 29.1 Å². The van der Waals surface area contributed by atoms with Gasteiger partial charge in [0.1, 0.15) is 10.8 Å². The topological polar surface area (TPSA) is 41.6 Å². The lowest BCUT2D eigenvalue weighted by atomic mass is 10.1. The van der Waals surface area contributed by atoms with E-state index < -0.39 is 6.10 Å². The molecule has 1 heterocycles. The van der Waals surface area contributed by atoms with Gasteiger partial charge in [-0.15, -0.1) is 0 Å². The van der Waals surface area contributed by atoms with E-state index in [9.17, 15) is 4.79 Å². The third-order valence-electron chi connectivity index (χ3n) is 3.66. The zero-order chi connectivity index (χ0) is 15.4. The molecule has 2 atom stereocenters. The number of carbonyl (C=O) groups is 1. The first-order chi connectivity index (χ1) is 10.0. The Kier molecular flexibility index (Phi) is 5.73. The summed E-state index contributed by atoms with van der Waals surface area (Å²) in [6, 6.07) is 5.15. The number of carbonyl (C=O) groups excluding carboxylic acids is 1. The van der Waals surface area contributed by atoms with Crippen molar-refractivity contribution in [2.75, 3.05) is 26.7 Å². The molecule has 0 radical (unpaired) electrons. The maximum Gasteiger partial charge on any atom is 0.263 e. The van der Waals surface area contributed by atoms with Crippen LogP contribution in [0.3, 0.4) is 0 Å². The summed E-state index contributed by atoms with van der Waals surface area (Å²) >= 11 is 12.0. The molecule has 6 heteroatoms. The predicted molar refractivity (Wildman–Crippen MR) is 85.2 cm³/mol. The van der Waals surface area contributed by atoms with Crippen LogP contribution in [0.1, 0.15) is 13.3 Å². The van der Waals surface area contributed by atoms with Gasteiger partial charge in [-0.1, -0.05) is 29.3 Å². The van der Waals surface area contributed by atoms with Crippen molar-refractivity contribution in [2.45, 2.75) is 19.4 Å². The summed E-state index contributed by atoms with van der Waals surface area (Å²) in [4.78, 5) is 14.3. The van der Waals surface area contributed by atoms with Crippen molar-refractivity contribution in [3.05, 3.63) is 28.2 Å². The molecule has 1 aliphatic rings. The first kappa shape index (κ1) is 16.4. The van der Waals surface area contributed by atoms with Crippen molar-refractivity contribution < 1.29 is 9.53 Å². The van der Waals surface area contributed by atoms with Crippen LogP contribution in [0.2, 0.25) is 10.0 Å². The van der Waals surface area contributed by atoms with Gasteiger partial charge >= 0.3 is 0 Å². The second kappa shape index (κ2) is 7.34. The molecule has 1 fully saturated rings. The van der Waals surface area contributed by atoms with Gasteiger partial charge < -0.3 is 15.0 Å². The smallest absolute Gasteiger partial charge is 0.263 e. The lowest BCUT2D eigenvalue weighted by molar-refractivity contribution is -0.136. The Morgan fingerprint density at radius 1 is 1.52 bits per heavy atom. The van der Waals surface area contributed by atoms with Gasteiger partial charge in [-0.3, -0.25) is 4.79 Å². The zero-order valence-corrected chi connectivity index (χ0v) is 13.7. The molecule has 4 nitrogen and oxygen atoms in total. The number of rotatable bonds is 5. The highest BCUT2D eigenvalue weighted by atomic mass is 35.5. The summed E-state index contributed by atoms with van der Waals surface area (Å²) in [5.41, 5.74) is 0. The summed E-state index contributed by atoms with van der Waals surface area (Å²) in [6.07, 6.45) is 0.450. The molecule has 0 saturated carbocycles.